The number of carbonyl (C=O) groups is 1. The largest absolute Gasteiger partial charge is 0.489 e. The Morgan fingerprint density at radius 3 is 2.61 bits per heavy atom. The van der Waals surface area contributed by atoms with E-state index < -0.39 is 11.7 Å². The average molecular weight is 253 g/mol. The molecular formula is C13H19NO4. The molecule has 1 aromatic rings. The SMILES string of the molecule is CC(C)(C)OC(=O)Nc1ccccc1OCCO. The summed E-state index contributed by atoms with van der Waals surface area (Å²) in [6.45, 7) is 5.47. The molecular weight excluding hydrogens is 234 g/mol. The summed E-state index contributed by atoms with van der Waals surface area (Å²) in [7, 11) is 0. The quantitative estimate of drug-likeness (QED) is 0.864. The van der Waals surface area contributed by atoms with E-state index in [1.165, 1.54) is 0 Å². The second-order valence-electron chi connectivity index (χ2n) is 4.70. The molecule has 0 fully saturated rings. The molecule has 0 aromatic heterocycles. The molecule has 0 radical (unpaired) electrons. The van der Waals surface area contributed by atoms with Crippen molar-refractivity contribution in [1.82, 2.24) is 0 Å². The van der Waals surface area contributed by atoms with E-state index in [9.17, 15) is 4.79 Å². The number of anilines is 1. The summed E-state index contributed by atoms with van der Waals surface area (Å²) < 4.78 is 10.4. The average Bonchev–Trinajstić information content (AvgIpc) is 2.25. The minimum atomic E-state index is -0.551. The van der Waals surface area contributed by atoms with Gasteiger partial charge in [0.1, 0.15) is 18.0 Å². The third kappa shape index (κ3) is 5.05. The summed E-state index contributed by atoms with van der Waals surface area (Å²) in [6, 6.07) is 6.98. The summed E-state index contributed by atoms with van der Waals surface area (Å²) in [4.78, 5) is 11.6. The zero-order valence-corrected chi connectivity index (χ0v) is 10.9. The predicted octanol–water partition coefficient (Wildman–Crippen LogP) is 2.40. The van der Waals surface area contributed by atoms with Crippen LogP contribution in [0.5, 0.6) is 5.75 Å². The molecule has 1 rings (SSSR count). The van der Waals surface area contributed by atoms with Crippen LogP contribution in [0.3, 0.4) is 0 Å². The smallest absolute Gasteiger partial charge is 0.412 e. The van der Waals surface area contributed by atoms with Crippen LogP contribution in [-0.4, -0.2) is 30.0 Å². The van der Waals surface area contributed by atoms with Gasteiger partial charge in [0.2, 0.25) is 0 Å². The van der Waals surface area contributed by atoms with Crippen LogP contribution in [0.4, 0.5) is 10.5 Å². The number of hydrogen-bond donors (Lipinski definition) is 2. The fraction of sp³-hybridized carbons (Fsp3) is 0.462. The summed E-state index contributed by atoms with van der Waals surface area (Å²) in [6.07, 6.45) is -0.539. The Labute approximate surface area is 107 Å². The number of amides is 1. The number of hydrogen-bond acceptors (Lipinski definition) is 4. The molecule has 1 aromatic carbocycles. The van der Waals surface area contributed by atoms with Gasteiger partial charge in [-0.1, -0.05) is 12.1 Å². The highest BCUT2D eigenvalue weighted by atomic mass is 16.6. The van der Waals surface area contributed by atoms with Crippen molar-refractivity contribution < 1.29 is 19.4 Å². The zero-order valence-electron chi connectivity index (χ0n) is 10.9. The van der Waals surface area contributed by atoms with Gasteiger partial charge in [0, 0.05) is 0 Å². The first kappa shape index (κ1) is 14.3. The van der Waals surface area contributed by atoms with Crippen molar-refractivity contribution >= 4 is 11.8 Å². The minimum Gasteiger partial charge on any atom is -0.489 e. The highest BCUT2D eigenvalue weighted by molar-refractivity contribution is 5.86. The van der Waals surface area contributed by atoms with Gasteiger partial charge in [-0.2, -0.15) is 0 Å². The number of carbonyl (C=O) groups excluding carboxylic acids is 1. The molecule has 0 heterocycles. The fourth-order valence-electron chi connectivity index (χ4n) is 1.26. The highest BCUT2D eigenvalue weighted by Gasteiger charge is 2.17. The number of ether oxygens (including phenoxy) is 2. The molecule has 5 nitrogen and oxygen atoms in total. The van der Waals surface area contributed by atoms with Gasteiger partial charge in [-0.15, -0.1) is 0 Å². The topological polar surface area (TPSA) is 67.8 Å². The van der Waals surface area contributed by atoms with Crippen LogP contribution >= 0.6 is 0 Å². The van der Waals surface area contributed by atoms with Crippen molar-refractivity contribution in [1.29, 1.82) is 0 Å². The standard InChI is InChI=1S/C13H19NO4/c1-13(2,3)18-12(16)14-10-6-4-5-7-11(10)17-9-8-15/h4-7,15H,8-9H2,1-3H3,(H,14,16). The molecule has 1 amide bonds. The van der Waals surface area contributed by atoms with Crippen molar-refractivity contribution in [3.63, 3.8) is 0 Å². The van der Waals surface area contributed by atoms with E-state index in [4.69, 9.17) is 14.6 Å². The van der Waals surface area contributed by atoms with Gasteiger partial charge in [0.05, 0.1) is 12.3 Å². The van der Waals surface area contributed by atoms with E-state index in [2.05, 4.69) is 5.32 Å². The van der Waals surface area contributed by atoms with Crippen molar-refractivity contribution in [3.05, 3.63) is 24.3 Å². The van der Waals surface area contributed by atoms with Crippen LogP contribution in [0, 0.1) is 0 Å². The van der Waals surface area contributed by atoms with Crippen molar-refractivity contribution in [2.45, 2.75) is 26.4 Å². The monoisotopic (exact) mass is 253 g/mol. The molecule has 0 atom stereocenters. The van der Waals surface area contributed by atoms with Gasteiger partial charge in [0.15, 0.2) is 0 Å². The normalized spacial score (nSPS) is 10.9. The third-order valence-corrected chi connectivity index (χ3v) is 1.87. The van der Waals surface area contributed by atoms with E-state index in [0.717, 1.165) is 0 Å². The predicted molar refractivity (Wildman–Crippen MR) is 68.9 cm³/mol. The van der Waals surface area contributed by atoms with Gasteiger partial charge < -0.3 is 14.6 Å². The molecule has 0 saturated carbocycles. The molecule has 0 aliphatic heterocycles. The molecule has 2 N–H and O–H groups in total. The second-order valence-corrected chi connectivity index (χ2v) is 4.70. The molecule has 5 heteroatoms. The lowest BCUT2D eigenvalue weighted by atomic mass is 10.2. The Morgan fingerprint density at radius 1 is 1.33 bits per heavy atom. The van der Waals surface area contributed by atoms with Gasteiger partial charge in [0.25, 0.3) is 0 Å². The van der Waals surface area contributed by atoms with Crippen LogP contribution in [0.2, 0.25) is 0 Å². The Morgan fingerprint density at radius 2 is 2.00 bits per heavy atom. The molecule has 0 unspecified atom stereocenters. The zero-order chi connectivity index (χ0) is 13.6. The maximum absolute atomic E-state index is 11.6. The number of rotatable bonds is 4. The Kier molecular flexibility index (Phi) is 4.97. The number of benzene rings is 1. The highest BCUT2D eigenvalue weighted by Crippen LogP contribution is 2.24. The van der Waals surface area contributed by atoms with E-state index in [-0.39, 0.29) is 13.2 Å². The molecule has 0 spiro atoms. The van der Waals surface area contributed by atoms with Crippen LogP contribution in [0.15, 0.2) is 24.3 Å². The third-order valence-electron chi connectivity index (χ3n) is 1.87. The Bertz CT molecular complexity index is 398. The van der Waals surface area contributed by atoms with Crippen molar-refractivity contribution in [2.24, 2.45) is 0 Å². The summed E-state index contributed by atoms with van der Waals surface area (Å²) in [5.41, 5.74) is -0.0365. The van der Waals surface area contributed by atoms with Crippen LogP contribution in [-0.2, 0) is 4.74 Å². The molecule has 0 aliphatic carbocycles. The van der Waals surface area contributed by atoms with E-state index in [0.29, 0.717) is 11.4 Å². The van der Waals surface area contributed by atoms with Gasteiger partial charge >= 0.3 is 6.09 Å². The molecule has 0 saturated heterocycles. The lowest BCUT2D eigenvalue weighted by Crippen LogP contribution is -2.27. The number of nitrogens with one attached hydrogen (secondary N) is 1. The Balaban J connectivity index is 2.68. The van der Waals surface area contributed by atoms with Crippen molar-refractivity contribution in [3.8, 4) is 5.75 Å². The van der Waals surface area contributed by atoms with Gasteiger partial charge in [-0.3, -0.25) is 5.32 Å². The van der Waals surface area contributed by atoms with Crippen LogP contribution in [0.1, 0.15) is 20.8 Å². The summed E-state index contributed by atoms with van der Waals surface area (Å²) in [5.74, 6) is 0.498. The maximum atomic E-state index is 11.6. The molecule has 0 aliphatic rings. The minimum absolute atomic E-state index is 0.0826. The first-order valence-corrected chi connectivity index (χ1v) is 5.75. The van der Waals surface area contributed by atoms with E-state index in [1.54, 1.807) is 45.0 Å². The molecule has 18 heavy (non-hydrogen) atoms. The van der Waals surface area contributed by atoms with Crippen LogP contribution in [0.25, 0.3) is 0 Å². The number of para-hydroxylation sites is 2. The summed E-state index contributed by atoms with van der Waals surface area (Å²) >= 11 is 0. The number of aliphatic hydroxyl groups excluding tert-OH is 1. The summed E-state index contributed by atoms with van der Waals surface area (Å²) in [5, 5.41) is 11.3. The first-order chi connectivity index (χ1) is 8.42. The van der Waals surface area contributed by atoms with Crippen molar-refractivity contribution in [2.75, 3.05) is 18.5 Å². The molecule has 100 valence electrons. The van der Waals surface area contributed by atoms with E-state index >= 15 is 0 Å². The fourth-order valence-corrected chi connectivity index (χ4v) is 1.26. The lowest BCUT2D eigenvalue weighted by molar-refractivity contribution is 0.0635. The second kappa shape index (κ2) is 6.26. The Hall–Kier alpha value is -1.75. The number of aliphatic hydroxyl groups is 1. The van der Waals surface area contributed by atoms with Crippen LogP contribution < -0.4 is 10.1 Å². The first-order valence-electron chi connectivity index (χ1n) is 5.75. The maximum Gasteiger partial charge on any atom is 0.412 e. The van der Waals surface area contributed by atoms with Gasteiger partial charge in [-0.25, -0.2) is 4.79 Å². The van der Waals surface area contributed by atoms with Gasteiger partial charge in [-0.05, 0) is 32.9 Å². The van der Waals surface area contributed by atoms with E-state index in [1.807, 2.05) is 0 Å². The molecule has 0 bridgehead atoms. The lowest BCUT2D eigenvalue weighted by Gasteiger charge is -2.20.